The van der Waals surface area contributed by atoms with Crippen molar-refractivity contribution in [3.63, 3.8) is 0 Å². The first-order valence-electron chi connectivity index (χ1n) is 14.5. The summed E-state index contributed by atoms with van der Waals surface area (Å²) in [6.07, 6.45) is 0. The molecule has 0 fully saturated rings. The fourth-order valence-electron chi connectivity index (χ4n) is 5.65. The quantitative estimate of drug-likeness (QED) is 0.200. The Balaban J connectivity index is 1.35. The van der Waals surface area contributed by atoms with Gasteiger partial charge in [0.2, 0.25) is 0 Å². The van der Waals surface area contributed by atoms with Crippen LogP contribution in [-0.4, -0.2) is 15.0 Å². The van der Waals surface area contributed by atoms with Gasteiger partial charge in [-0.3, -0.25) is 0 Å². The van der Waals surface area contributed by atoms with E-state index in [-0.39, 0.29) is 0 Å². The van der Waals surface area contributed by atoms with Crippen LogP contribution in [-0.2, 0) is 0 Å². The van der Waals surface area contributed by atoms with Crippen LogP contribution < -0.4 is 4.90 Å². The number of para-hydroxylation sites is 2. The summed E-state index contributed by atoms with van der Waals surface area (Å²) in [6, 6.07) is 53.3. The lowest BCUT2D eigenvalue weighted by Crippen LogP contribution is -2.09. The van der Waals surface area contributed by atoms with E-state index < -0.39 is 0 Å². The number of anilines is 3. The van der Waals surface area contributed by atoms with Gasteiger partial charge >= 0.3 is 0 Å². The molecule has 0 bridgehead atoms. The second-order valence-electron chi connectivity index (χ2n) is 10.5. The second kappa shape index (κ2) is 11.0. The van der Waals surface area contributed by atoms with Crippen molar-refractivity contribution < 1.29 is 4.42 Å². The minimum atomic E-state index is 0.606. The number of hydrogen-bond donors (Lipinski definition) is 0. The number of nitrogens with zero attached hydrogens (tertiary/aromatic N) is 4. The van der Waals surface area contributed by atoms with Crippen molar-refractivity contribution in [3.8, 4) is 34.2 Å². The molecule has 8 aromatic rings. The van der Waals surface area contributed by atoms with Crippen LogP contribution in [0.2, 0.25) is 0 Å². The van der Waals surface area contributed by atoms with Crippen molar-refractivity contribution in [2.24, 2.45) is 0 Å². The number of hydrogen-bond acceptors (Lipinski definition) is 5. The maximum Gasteiger partial charge on any atom is 0.164 e. The molecule has 0 radical (unpaired) electrons. The molecular weight excluding hydrogens is 540 g/mol. The predicted molar refractivity (Wildman–Crippen MR) is 178 cm³/mol. The smallest absolute Gasteiger partial charge is 0.164 e. The van der Waals surface area contributed by atoms with E-state index in [1.807, 2.05) is 97.1 Å². The molecule has 0 unspecified atom stereocenters. The summed E-state index contributed by atoms with van der Waals surface area (Å²) in [5.74, 6) is 1.87. The lowest BCUT2D eigenvalue weighted by Gasteiger charge is -2.26. The predicted octanol–water partition coefficient (Wildman–Crippen LogP) is 10.2. The molecule has 6 aromatic carbocycles. The first-order chi connectivity index (χ1) is 21.8. The number of aromatic nitrogens is 3. The molecule has 2 heterocycles. The molecule has 0 spiro atoms. The summed E-state index contributed by atoms with van der Waals surface area (Å²) in [7, 11) is 0. The van der Waals surface area contributed by atoms with Gasteiger partial charge in [0.1, 0.15) is 11.2 Å². The molecule has 0 amide bonds. The van der Waals surface area contributed by atoms with Crippen LogP contribution in [0.1, 0.15) is 0 Å². The van der Waals surface area contributed by atoms with E-state index >= 15 is 0 Å². The van der Waals surface area contributed by atoms with E-state index in [0.29, 0.717) is 17.5 Å². The van der Waals surface area contributed by atoms with Crippen LogP contribution >= 0.6 is 0 Å². The zero-order valence-electron chi connectivity index (χ0n) is 23.7. The summed E-state index contributed by atoms with van der Waals surface area (Å²) in [4.78, 5) is 17.1. The lowest BCUT2D eigenvalue weighted by molar-refractivity contribution is 0.669. The average Bonchev–Trinajstić information content (AvgIpc) is 3.49. The van der Waals surface area contributed by atoms with E-state index in [1.165, 1.54) is 0 Å². The first kappa shape index (κ1) is 25.6. The van der Waals surface area contributed by atoms with Gasteiger partial charge in [-0.1, -0.05) is 103 Å². The zero-order valence-corrected chi connectivity index (χ0v) is 23.7. The molecule has 0 aliphatic carbocycles. The van der Waals surface area contributed by atoms with Gasteiger partial charge in [-0.25, -0.2) is 15.0 Å². The molecule has 0 atom stereocenters. The Bertz CT molecular complexity index is 2120. The summed E-state index contributed by atoms with van der Waals surface area (Å²) in [6.45, 7) is 0. The molecule has 2 aromatic heterocycles. The Kier molecular flexibility index (Phi) is 6.39. The molecule has 5 nitrogen and oxygen atoms in total. The molecule has 0 aliphatic heterocycles. The van der Waals surface area contributed by atoms with Crippen molar-refractivity contribution in [1.82, 2.24) is 15.0 Å². The summed E-state index contributed by atoms with van der Waals surface area (Å²) in [5, 5.41) is 2.02. The third kappa shape index (κ3) is 4.67. The van der Waals surface area contributed by atoms with Gasteiger partial charge in [-0.15, -0.1) is 0 Å². The SMILES string of the molecule is c1ccc(-c2nc(-c3ccccc3)nc(-c3ccc4oc5cccc(N(c6ccccc6)c6ccccc6)c5c4c3)n2)cc1. The first-order valence-corrected chi connectivity index (χ1v) is 14.5. The molecule has 5 heteroatoms. The van der Waals surface area contributed by atoms with E-state index in [1.54, 1.807) is 0 Å². The van der Waals surface area contributed by atoms with Gasteiger partial charge in [0.15, 0.2) is 17.5 Å². The average molecular weight is 567 g/mol. The van der Waals surface area contributed by atoms with Crippen molar-refractivity contribution >= 4 is 39.0 Å². The highest BCUT2D eigenvalue weighted by molar-refractivity contribution is 6.14. The van der Waals surface area contributed by atoms with Crippen molar-refractivity contribution in [3.05, 3.63) is 158 Å². The largest absolute Gasteiger partial charge is 0.456 e. The van der Waals surface area contributed by atoms with Gasteiger partial charge in [0.05, 0.1) is 11.1 Å². The number of rotatable bonds is 6. The normalized spacial score (nSPS) is 11.2. The fourth-order valence-corrected chi connectivity index (χ4v) is 5.65. The van der Waals surface area contributed by atoms with Gasteiger partial charge in [0, 0.05) is 33.5 Å². The Morgan fingerprint density at radius 1 is 0.409 bits per heavy atom. The molecule has 0 saturated heterocycles. The Labute approximate surface area is 254 Å². The highest BCUT2D eigenvalue weighted by atomic mass is 16.3. The summed E-state index contributed by atoms with van der Waals surface area (Å²) >= 11 is 0. The van der Waals surface area contributed by atoms with E-state index in [4.69, 9.17) is 19.4 Å². The van der Waals surface area contributed by atoms with Crippen LogP contribution in [0.5, 0.6) is 0 Å². The Morgan fingerprint density at radius 3 is 1.45 bits per heavy atom. The van der Waals surface area contributed by atoms with Crippen LogP contribution in [0.3, 0.4) is 0 Å². The van der Waals surface area contributed by atoms with Crippen molar-refractivity contribution in [2.75, 3.05) is 4.90 Å². The maximum atomic E-state index is 6.41. The zero-order chi connectivity index (χ0) is 29.3. The fraction of sp³-hybridized carbons (Fsp3) is 0. The van der Waals surface area contributed by atoms with Crippen LogP contribution in [0.25, 0.3) is 56.1 Å². The topological polar surface area (TPSA) is 55.1 Å². The molecule has 208 valence electrons. The highest BCUT2D eigenvalue weighted by Gasteiger charge is 2.20. The van der Waals surface area contributed by atoms with Gasteiger partial charge in [-0.05, 0) is 54.6 Å². The standard InChI is InChI=1S/C39H26N4O/c1-5-14-27(15-6-1)37-40-38(28-16-7-2-8-17-28)42-39(41-37)29-24-25-34-32(26-29)36-33(22-13-23-35(36)44-34)43(30-18-9-3-10-19-30)31-20-11-4-12-21-31/h1-26H. The number of furan rings is 1. The molecule has 0 N–H and O–H groups in total. The lowest BCUT2D eigenvalue weighted by atomic mass is 10.1. The summed E-state index contributed by atoms with van der Waals surface area (Å²) in [5.41, 5.74) is 7.54. The van der Waals surface area contributed by atoms with Crippen LogP contribution in [0.4, 0.5) is 17.1 Å². The molecule has 0 saturated carbocycles. The minimum Gasteiger partial charge on any atom is -0.456 e. The third-order valence-electron chi connectivity index (χ3n) is 7.70. The van der Waals surface area contributed by atoms with Crippen LogP contribution in [0, 0.1) is 0 Å². The molecular formula is C39H26N4O. The van der Waals surface area contributed by atoms with Gasteiger partial charge in [0.25, 0.3) is 0 Å². The minimum absolute atomic E-state index is 0.606. The van der Waals surface area contributed by atoms with E-state index in [0.717, 1.165) is 55.7 Å². The maximum absolute atomic E-state index is 6.41. The van der Waals surface area contributed by atoms with Crippen molar-refractivity contribution in [2.45, 2.75) is 0 Å². The Hall–Kier alpha value is -6.07. The number of benzene rings is 6. The highest BCUT2D eigenvalue weighted by Crippen LogP contribution is 2.43. The van der Waals surface area contributed by atoms with Crippen LogP contribution in [0.15, 0.2) is 162 Å². The second-order valence-corrected chi connectivity index (χ2v) is 10.5. The van der Waals surface area contributed by atoms with E-state index in [2.05, 4.69) is 65.6 Å². The van der Waals surface area contributed by atoms with Crippen molar-refractivity contribution in [1.29, 1.82) is 0 Å². The Morgan fingerprint density at radius 2 is 0.909 bits per heavy atom. The van der Waals surface area contributed by atoms with E-state index in [9.17, 15) is 0 Å². The third-order valence-corrected chi connectivity index (χ3v) is 7.70. The molecule has 0 aliphatic rings. The number of fused-ring (bicyclic) bond motifs is 3. The summed E-state index contributed by atoms with van der Waals surface area (Å²) < 4.78 is 6.41. The monoisotopic (exact) mass is 566 g/mol. The molecule has 8 rings (SSSR count). The van der Waals surface area contributed by atoms with Gasteiger partial charge in [-0.2, -0.15) is 0 Å². The van der Waals surface area contributed by atoms with Gasteiger partial charge < -0.3 is 9.32 Å². The molecule has 44 heavy (non-hydrogen) atoms.